The van der Waals surface area contributed by atoms with Crippen LogP contribution in [-0.4, -0.2) is 67.6 Å². The first-order valence-corrected chi connectivity index (χ1v) is 11.0. The van der Waals surface area contributed by atoms with Crippen LogP contribution in [0.4, 0.5) is 5.69 Å². The zero-order chi connectivity index (χ0) is 21.4. The molecule has 0 aromatic heterocycles. The van der Waals surface area contributed by atoms with Gasteiger partial charge < -0.3 is 9.64 Å². The number of rotatable bonds is 5. The van der Waals surface area contributed by atoms with E-state index in [9.17, 15) is 9.59 Å². The summed E-state index contributed by atoms with van der Waals surface area (Å²) in [6, 6.07) is 16.0. The molecule has 0 radical (unpaired) electrons. The Bertz CT molecular complexity index is 1040. The number of aryl methyl sites for hydroxylation is 1. The van der Waals surface area contributed by atoms with E-state index in [1.165, 1.54) is 10.5 Å². The van der Waals surface area contributed by atoms with Crippen LogP contribution in [0.15, 0.2) is 54.2 Å². The number of anilines is 1. The molecule has 5 rings (SSSR count). The van der Waals surface area contributed by atoms with Gasteiger partial charge in [-0.1, -0.05) is 48.0 Å². The van der Waals surface area contributed by atoms with Crippen LogP contribution in [0.1, 0.15) is 16.7 Å². The number of morpholine rings is 1. The quantitative estimate of drug-likeness (QED) is 0.700. The van der Waals surface area contributed by atoms with E-state index < -0.39 is 0 Å². The summed E-state index contributed by atoms with van der Waals surface area (Å²) in [6.07, 6.45) is 0.871. The number of amides is 2. The minimum absolute atomic E-state index is 0.189. The van der Waals surface area contributed by atoms with Crippen LogP contribution in [0.2, 0.25) is 0 Å². The molecule has 2 amide bonds. The fraction of sp³-hybridized carbons (Fsp3) is 0.360. The minimum Gasteiger partial charge on any atom is -0.379 e. The van der Waals surface area contributed by atoms with E-state index in [2.05, 4.69) is 11.0 Å². The zero-order valence-electron chi connectivity index (χ0n) is 17.8. The van der Waals surface area contributed by atoms with Crippen molar-refractivity contribution < 1.29 is 14.3 Å². The van der Waals surface area contributed by atoms with Crippen LogP contribution in [0.3, 0.4) is 0 Å². The van der Waals surface area contributed by atoms with Crippen molar-refractivity contribution in [2.24, 2.45) is 0 Å². The molecule has 2 aromatic carbocycles. The molecule has 0 unspecified atom stereocenters. The van der Waals surface area contributed by atoms with Crippen molar-refractivity contribution in [1.82, 2.24) is 9.80 Å². The van der Waals surface area contributed by atoms with E-state index >= 15 is 0 Å². The Kier molecular flexibility index (Phi) is 5.34. The van der Waals surface area contributed by atoms with E-state index in [-0.39, 0.29) is 11.8 Å². The molecule has 1 fully saturated rings. The number of hydrogen-bond acceptors (Lipinski definition) is 5. The summed E-state index contributed by atoms with van der Waals surface area (Å²) in [5.41, 5.74) is 5.20. The molecule has 0 aliphatic carbocycles. The van der Waals surface area contributed by atoms with Crippen molar-refractivity contribution in [2.45, 2.75) is 13.3 Å². The summed E-state index contributed by atoms with van der Waals surface area (Å²) in [5.74, 6) is -0.382. The van der Waals surface area contributed by atoms with Crippen molar-refractivity contribution in [3.63, 3.8) is 0 Å². The highest BCUT2D eigenvalue weighted by atomic mass is 16.5. The van der Waals surface area contributed by atoms with E-state index in [4.69, 9.17) is 4.74 Å². The Morgan fingerprint density at radius 2 is 1.61 bits per heavy atom. The van der Waals surface area contributed by atoms with Crippen LogP contribution in [0, 0.1) is 6.92 Å². The topological polar surface area (TPSA) is 53.1 Å². The molecule has 3 aliphatic heterocycles. The largest absolute Gasteiger partial charge is 0.379 e. The molecule has 0 N–H and O–H groups in total. The Morgan fingerprint density at radius 1 is 0.871 bits per heavy atom. The van der Waals surface area contributed by atoms with Gasteiger partial charge in [0.25, 0.3) is 11.8 Å². The monoisotopic (exact) mass is 417 g/mol. The summed E-state index contributed by atoms with van der Waals surface area (Å²) in [7, 11) is 0. The second kappa shape index (κ2) is 8.29. The fourth-order valence-electron chi connectivity index (χ4n) is 4.63. The van der Waals surface area contributed by atoms with E-state index in [1.54, 1.807) is 0 Å². The third-order valence-corrected chi connectivity index (χ3v) is 6.38. The smallest absolute Gasteiger partial charge is 0.278 e. The first-order chi connectivity index (χ1) is 15.1. The summed E-state index contributed by atoms with van der Waals surface area (Å²) in [6.45, 7) is 6.86. The number of para-hydroxylation sites is 1. The van der Waals surface area contributed by atoms with Gasteiger partial charge in [-0.15, -0.1) is 0 Å². The molecule has 31 heavy (non-hydrogen) atoms. The normalized spacial score (nSPS) is 19.5. The number of carbonyl (C=O) groups excluding carboxylic acids is 2. The van der Waals surface area contributed by atoms with Crippen molar-refractivity contribution in [3.8, 4) is 0 Å². The molecule has 2 aromatic rings. The number of ether oxygens (including phenoxy) is 1. The van der Waals surface area contributed by atoms with E-state index in [0.717, 1.165) is 36.3 Å². The Balaban J connectivity index is 1.50. The highest BCUT2D eigenvalue weighted by Crippen LogP contribution is 2.38. The highest BCUT2D eigenvalue weighted by Gasteiger charge is 2.43. The maximum absolute atomic E-state index is 13.6. The summed E-state index contributed by atoms with van der Waals surface area (Å²) in [4.78, 5) is 32.9. The van der Waals surface area contributed by atoms with Gasteiger partial charge in [-0.05, 0) is 30.5 Å². The number of nitrogens with zero attached hydrogens (tertiary/aromatic N) is 3. The van der Waals surface area contributed by atoms with Crippen LogP contribution >= 0.6 is 0 Å². The van der Waals surface area contributed by atoms with Crippen LogP contribution < -0.4 is 4.90 Å². The van der Waals surface area contributed by atoms with E-state index in [1.807, 2.05) is 54.3 Å². The Labute approximate surface area is 182 Å². The SMILES string of the molecule is Cc1ccc(C2=C(N3CCc4ccccc43)C(=O)N(CCN3CCOCC3)C2=O)cc1. The first-order valence-electron chi connectivity index (χ1n) is 11.0. The van der Waals surface area contributed by atoms with Gasteiger partial charge in [-0.2, -0.15) is 0 Å². The molecule has 3 aliphatic rings. The average molecular weight is 418 g/mol. The summed E-state index contributed by atoms with van der Waals surface area (Å²) in [5, 5.41) is 0. The molecule has 6 heteroatoms. The second-order valence-electron chi connectivity index (χ2n) is 8.34. The van der Waals surface area contributed by atoms with E-state index in [0.29, 0.717) is 44.1 Å². The third kappa shape index (κ3) is 3.66. The van der Waals surface area contributed by atoms with Gasteiger partial charge in [0.2, 0.25) is 0 Å². The van der Waals surface area contributed by atoms with Crippen molar-refractivity contribution >= 4 is 23.1 Å². The number of imide groups is 1. The predicted octanol–water partition coefficient (Wildman–Crippen LogP) is 2.47. The molecule has 0 bridgehead atoms. The number of carbonyl (C=O) groups is 2. The lowest BCUT2D eigenvalue weighted by Crippen LogP contribution is -2.44. The molecular weight excluding hydrogens is 390 g/mol. The molecule has 160 valence electrons. The zero-order valence-corrected chi connectivity index (χ0v) is 17.8. The summed E-state index contributed by atoms with van der Waals surface area (Å²) >= 11 is 0. The lowest BCUT2D eigenvalue weighted by atomic mass is 10.0. The maximum Gasteiger partial charge on any atom is 0.278 e. The average Bonchev–Trinajstić information content (AvgIpc) is 3.32. The molecule has 3 heterocycles. The van der Waals surface area contributed by atoms with Gasteiger partial charge in [-0.3, -0.25) is 19.4 Å². The lowest BCUT2D eigenvalue weighted by Gasteiger charge is -2.28. The number of hydrogen-bond donors (Lipinski definition) is 0. The second-order valence-corrected chi connectivity index (χ2v) is 8.34. The number of fused-ring (bicyclic) bond motifs is 1. The van der Waals surface area contributed by atoms with Gasteiger partial charge in [0.1, 0.15) is 5.70 Å². The Morgan fingerprint density at radius 3 is 2.39 bits per heavy atom. The van der Waals surface area contributed by atoms with Crippen LogP contribution in [0.5, 0.6) is 0 Å². The van der Waals surface area contributed by atoms with Gasteiger partial charge >= 0.3 is 0 Å². The summed E-state index contributed by atoms with van der Waals surface area (Å²) < 4.78 is 5.41. The molecular formula is C25H27N3O3. The minimum atomic E-state index is -0.193. The van der Waals surface area contributed by atoms with Crippen molar-refractivity contribution in [1.29, 1.82) is 0 Å². The lowest BCUT2D eigenvalue weighted by molar-refractivity contribution is -0.137. The van der Waals surface area contributed by atoms with Crippen LogP contribution in [0.25, 0.3) is 5.57 Å². The molecule has 1 saturated heterocycles. The first kappa shape index (κ1) is 20.0. The van der Waals surface area contributed by atoms with Crippen molar-refractivity contribution in [3.05, 3.63) is 70.9 Å². The number of benzene rings is 2. The van der Waals surface area contributed by atoms with Gasteiger partial charge in [-0.25, -0.2) is 0 Å². The van der Waals surface area contributed by atoms with Gasteiger partial charge in [0, 0.05) is 38.4 Å². The predicted molar refractivity (Wildman–Crippen MR) is 120 cm³/mol. The Hall–Kier alpha value is -2.96. The molecule has 0 spiro atoms. The fourth-order valence-corrected chi connectivity index (χ4v) is 4.63. The maximum atomic E-state index is 13.6. The highest BCUT2D eigenvalue weighted by molar-refractivity contribution is 6.36. The molecule has 0 atom stereocenters. The van der Waals surface area contributed by atoms with Crippen LogP contribution in [-0.2, 0) is 20.7 Å². The molecule has 0 saturated carbocycles. The molecule has 6 nitrogen and oxygen atoms in total. The third-order valence-electron chi connectivity index (χ3n) is 6.38. The van der Waals surface area contributed by atoms with Gasteiger partial charge in [0.15, 0.2) is 0 Å². The standard InChI is InChI=1S/C25H27N3O3/c1-18-6-8-20(9-7-18)22-23(27-11-10-19-4-2-3-5-21(19)27)25(30)28(24(22)29)13-12-26-14-16-31-17-15-26/h2-9H,10-17H2,1H3. The van der Waals surface area contributed by atoms with Gasteiger partial charge in [0.05, 0.1) is 18.8 Å². The van der Waals surface area contributed by atoms with Crippen molar-refractivity contribution in [2.75, 3.05) is 50.8 Å².